The predicted octanol–water partition coefficient (Wildman–Crippen LogP) is 6.08. The Labute approximate surface area is 140 Å². The van der Waals surface area contributed by atoms with E-state index in [1.165, 1.54) is 6.42 Å². The Morgan fingerprint density at radius 3 is 1.57 bits per heavy atom. The van der Waals surface area contributed by atoms with Crippen molar-refractivity contribution in [2.45, 2.75) is 71.6 Å². The number of hydrogen-bond acceptors (Lipinski definition) is 0. The van der Waals surface area contributed by atoms with Crippen LogP contribution >= 0.6 is 0 Å². The molecule has 2 aliphatic rings. The van der Waals surface area contributed by atoms with E-state index < -0.39 is 26.8 Å². The zero-order valence-electron chi connectivity index (χ0n) is 15.4. The van der Waals surface area contributed by atoms with E-state index in [1.807, 2.05) is 3.28 Å². The van der Waals surface area contributed by atoms with Crippen LogP contribution in [-0.2, 0) is 20.9 Å². The van der Waals surface area contributed by atoms with Crippen LogP contribution in [0.1, 0.15) is 54.9 Å². The first-order valence-electron chi connectivity index (χ1n) is 8.27. The molecule has 0 heterocycles. The Hall–Kier alpha value is 0.0600. The van der Waals surface area contributed by atoms with Crippen molar-refractivity contribution in [3.05, 3.63) is 42.3 Å². The fourth-order valence-corrected chi connectivity index (χ4v) is 27.4. The zero-order chi connectivity index (χ0) is 16.1. The van der Waals surface area contributed by atoms with Crippen molar-refractivity contribution in [3.63, 3.8) is 0 Å². The van der Waals surface area contributed by atoms with Crippen molar-refractivity contribution in [2.24, 2.45) is 0 Å². The Kier molecular flexibility index (Phi) is 5.21. The fraction of sp³-hybridized carbons (Fsp3) is 0.579. The predicted molar refractivity (Wildman–Crippen MR) is 95.1 cm³/mol. The molecule has 0 N–H and O–H groups in total. The van der Waals surface area contributed by atoms with Gasteiger partial charge in [0.25, 0.3) is 0 Å². The molecule has 0 aromatic heterocycles. The molecule has 0 saturated heterocycles. The van der Waals surface area contributed by atoms with Crippen molar-refractivity contribution < 1.29 is 20.9 Å². The Balaban J connectivity index is 2.56. The first-order valence-corrected chi connectivity index (χ1v) is 18.1. The number of rotatable bonds is 3. The Morgan fingerprint density at radius 2 is 1.24 bits per heavy atom. The van der Waals surface area contributed by atoms with Crippen LogP contribution in [0.4, 0.5) is 0 Å². The number of allylic oxidation sites excluding steroid dienone is 8. The second kappa shape index (κ2) is 6.28. The van der Waals surface area contributed by atoms with Crippen LogP contribution in [0.25, 0.3) is 0 Å². The van der Waals surface area contributed by atoms with Gasteiger partial charge >= 0.3 is 141 Å². The van der Waals surface area contributed by atoms with Gasteiger partial charge in [0, 0.05) is 0 Å². The molecule has 2 aliphatic carbocycles. The van der Waals surface area contributed by atoms with E-state index in [9.17, 15) is 0 Å². The topological polar surface area (TPSA) is 0 Å². The maximum absolute atomic E-state index is 2.62. The summed E-state index contributed by atoms with van der Waals surface area (Å²) < 4.78 is 2.78. The quantitative estimate of drug-likeness (QED) is 0.522. The molecule has 2 heteroatoms. The summed E-state index contributed by atoms with van der Waals surface area (Å²) >= 11 is -1.62. The third-order valence-electron chi connectivity index (χ3n) is 5.81. The van der Waals surface area contributed by atoms with Crippen LogP contribution in [0.3, 0.4) is 0 Å². The summed E-state index contributed by atoms with van der Waals surface area (Å²) in [5.41, 5.74) is 11.7. The minimum absolute atomic E-state index is 0.591. The van der Waals surface area contributed by atoms with E-state index >= 15 is 0 Å². The van der Waals surface area contributed by atoms with Gasteiger partial charge in [-0.05, 0) is 0 Å². The van der Waals surface area contributed by atoms with Gasteiger partial charge in [-0.25, -0.2) is 0 Å². The second-order valence-electron chi connectivity index (χ2n) is 7.40. The van der Waals surface area contributed by atoms with Gasteiger partial charge in [-0.2, -0.15) is 0 Å². The van der Waals surface area contributed by atoms with Gasteiger partial charge in [-0.15, -0.1) is 0 Å². The molecule has 0 nitrogen and oxygen atoms in total. The SMILES string of the molecule is CC1=C(C)[C]([Zr]([CH]2C(C)=C(C)C(C)=C2C)[SiH](C)C)=C(C)C1. The zero-order valence-corrected chi connectivity index (χ0v) is 19.0. The van der Waals surface area contributed by atoms with E-state index in [0.29, 0.717) is 0 Å². The molecule has 0 spiro atoms. The van der Waals surface area contributed by atoms with Gasteiger partial charge in [0.1, 0.15) is 0 Å². The van der Waals surface area contributed by atoms with Gasteiger partial charge in [0.15, 0.2) is 0 Å². The third kappa shape index (κ3) is 2.83. The molecule has 0 aromatic carbocycles. The summed E-state index contributed by atoms with van der Waals surface area (Å²) in [7, 11) is 0. The molecular formula is C19H31SiZr. The van der Waals surface area contributed by atoms with Gasteiger partial charge in [-0.1, -0.05) is 0 Å². The number of hydrogen-bond donors (Lipinski definition) is 0. The molecule has 0 aliphatic heterocycles. The van der Waals surface area contributed by atoms with Gasteiger partial charge in [-0.3, -0.25) is 0 Å². The molecule has 0 unspecified atom stereocenters. The molecule has 2 rings (SSSR count). The van der Waals surface area contributed by atoms with Crippen molar-refractivity contribution in [1.82, 2.24) is 0 Å². The summed E-state index contributed by atoms with van der Waals surface area (Å²) in [6.45, 7) is 22.0. The normalized spacial score (nSPS) is 20.9. The van der Waals surface area contributed by atoms with Crippen LogP contribution in [0.15, 0.2) is 42.3 Å². The summed E-state index contributed by atoms with van der Waals surface area (Å²) in [5, 5.41) is 0. The van der Waals surface area contributed by atoms with E-state index in [4.69, 9.17) is 0 Å². The summed E-state index contributed by atoms with van der Waals surface area (Å²) in [6.07, 6.45) is 1.25. The standard InChI is InChI=1S/C9H13.C8H11.C2H7Si.Zr/c1-6-5-7(2)9(4)8(6)3;1-6-4-7(2)8(3)5-6;1-3-2;/h5H,1-4H3;4H2,1-3H3;3H,1-2H3;. The van der Waals surface area contributed by atoms with Crippen LogP contribution in [-0.4, -0.2) is 5.92 Å². The molecule has 0 saturated carbocycles. The molecular weight excluding hydrogens is 348 g/mol. The summed E-state index contributed by atoms with van der Waals surface area (Å²) in [4.78, 5) is 0. The maximum atomic E-state index is 2.62. The van der Waals surface area contributed by atoms with E-state index in [1.54, 1.807) is 39.0 Å². The summed E-state index contributed by atoms with van der Waals surface area (Å²) in [6, 6.07) is 0. The van der Waals surface area contributed by atoms with Crippen LogP contribution in [0.5, 0.6) is 0 Å². The molecule has 21 heavy (non-hydrogen) atoms. The Bertz CT molecular complexity index is 575. The van der Waals surface area contributed by atoms with Crippen molar-refractivity contribution >= 4 is 5.92 Å². The second-order valence-corrected chi connectivity index (χ2v) is 26.8. The van der Waals surface area contributed by atoms with Crippen molar-refractivity contribution in [3.8, 4) is 0 Å². The van der Waals surface area contributed by atoms with Gasteiger partial charge in [0.05, 0.1) is 0 Å². The van der Waals surface area contributed by atoms with Gasteiger partial charge in [0.2, 0.25) is 0 Å². The monoisotopic (exact) mass is 377 g/mol. The van der Waals surface area contributed by atoms with E-state index in [2.05, 4.69) is 61.6 Å². The summed E-state index contributed by atoms with van der Waals surface area (Å²) in [5.74, 6) is -0.591. The first kappa shape index (κ1) is 17.4. The first-order chi connectivity index (χ1) is 9.68. The van der Waals surface area contributed by atoms with Crippen molar-refractivity contribution in [2.75, 3.05) is 0 Å². The fourth-order valence-electron chi connectivity index (χ4n) is 4.20. The molecule has 0 bridgehead atoms. The average Bonchev–Trinajstić information content (AvgIpc) is 2.75. The minimum atomic E-state index is -1.62. The molecule has 0 fully saturated rings. The molecule has 0 amide bonds. The molecule has 0 aromatic rings. The van der Waals surface area contributed by atoms with E-state index in [-0.39, 0.29) is 0 Å². The van der Waals surface area contributed by atoms with Crippen LogP contribution in [0.2, 0.25) is 16.7 Å². The molecule has 0 atom stereocenters. The Morgan fingerprint density at radius 1 is 0.762 bits per heavy atom. The third-order valence-corrected chi connectivity index (χ3v) is 27.0. The average molecular weight is 379 g/mol. The van der Waals surface area contributed by atoms with E-state index in [0.717, 1.165) is 3.63 Å². The molecule has 115 valence electrons. The van der Waals surface area contributed by atoms with Gasteiger partial charge < -0.3 is 0 Å². The van der Waals surface area contributed by atoms with Crippen LogP contribution < -0.4 is 0 Å². The van der Waals surface area contributed by atoms with Crippen molar-refractivity contribution in [1.29, 1.82) is 0 Å². The molecule has 0 radical (unpaired) electrons. The van der Waals surface area contributed by atoms with Crippen LogP contribution in [0, 0.1) is 0 Å².